The predicted molar refractivity (Wildman–Crippen MR) is 90.2 cm³/mol. The minimum Gasteiger partial charge on any atom is -0.463 e. The number of pyridine rings is 1. The van der Waals surface area contributed by atoms with E-state index in [1.165, 1.54) is 17.5 Å². The van der Waals surface area contributed by atoms with Crippen molar-refractivity contribution in [3.63, 3.8) is 0 Å². The molecule has 1 aliphatic heterocycles. The number of hydrogen-bond acceptors (Lipinski definition) is 6. The van der Waals surface area contributed by atoms with Crippen LogP contribution in [-0.2, 0) is 6.54 Å². The van der Waals surface area contributed by atoms with Gasteiger partial charge in [0.05, 0.1) is 25.8 Å². The Morgan fingerprint density at radius 2 is 2.36 bits per heavy atom. The number of furan rings is 1. The molecule has 1 N–H and O–H groups in total. The SMILES string of the molecule is O=[N+]([O-])/N=C1\NCN(Cc2ccc(Cl)nc2)CN1/N=C/c1ccco1. The van der Waals surface area contributed by atoms with E-state index in [0.29, 0.717) is 30.8 Å². The van der Waals surface area contributed by atoms with Gasteiger partial charge < -0.3 is 9.73 Å². The molecule has 0 spiro atoms. The number of rotatable bonds is 5. The van der Waals surface area contributed by atoms with Gasteiger partial charge in [0.1, 0.15) is 16.0 Å². The van der Waals surface area contributed by atoms with Gasteiger partial charge in [0.25, 0.3) is 5.96 Å². The number of nitro groups is 1. The summed E-state index contributed by atoms with van der Waals surface area (Å²) >= 11 is 5.78. The highest BCUT2D eigenvalue weighted by molar-refractivity contribution is 6.29. The molecule has 2 aromatic heterocycles. The predicted octanol–water partition coefficient (Wildman–Crippen LogP) is 1.53. The zero-order valence-electron chi connectivity index (χ0n) is 12.9. The van der Waals surface area contributed by atoms with E-state index in [4.69, 9.17) is 16.0 Å². The molecular formula is C14H14ClN7O3. The van der Waals surface area contributed by atoms with Gasteiger partial charge in [0, 0.05) is 12.7 Å². The fourth-order valence-corrected chi connectivity index (χ4v) is 2.30. The van der Waals surface area contributed by atoms with E-state index >= 15 is 0 Å². The first-order chi connectivity index (χ1) is 12.1. The monoisotopic (exact) mass is 363 g/mol. The summed E-state index contributed by atoms with van der Waals surface area (Å²) in [4.78, 5) is 16.7. The van der Waals surface area contributed by atoms with Crippen molar-refractivity contribution in [3.05, 3.63) is 63.3 Å². The van der Waals surface area contributed by atoms with Crippen molar-refractivity contribution in [1.29, 1.82) is 0 Å². The third-order valence-corrected chi connectivity index (χ3v) is 3.50. The Balaban J connectivity index is 1.72. The fraction of sp³-hybridized carbons (Fsp3) is 0.214. The first-order valence-corrected chi connectivity index (χ1v) is 7.62. The lowest BCUT2D eigenvalue weighted by Crippen LogP contribution is -2.54. The molecule has 0 aromatic carbocycles. The average molecular weight is 364 g/mol. The van der Waals surface area contributed by atoms with E-state index < -0.39 is 5.03 Å². The molecular weight excluding hydrogens is 350 g/mol. The van der Waals surface area contributed by atoms with E-state index in [2.05, 4.69) is 20.5 Å². The van der Waals surface area contributed by atoms with Crippen LogP contribution >= 0.6 is 11.6 Å². The van der Waals surface area contributed by atoms with E-state index in [1.54, 1.807) is 24.4 Å². The van der Waals surface area contributed by atoms with Gasteiger partial charge in [-0.2, -0.15) is 5.10 Å². The Bertz CT molecular complexity index is 776. The molecule has 130 valence electrons. The second-order valence-corrected chi connectivity index (χ2v) is 5.50. The van der Waals surface area contributed by atoms with Crippen LogP contribution < -0.4 is 5.32 Å². The lowest BCUT2D eigenvalue weighted by molar-refractivity contribution is -0.486. The van der Waals surface area contributed by atoms with Crippen LogP contribution in [0.5, 0.6) is 0 Å². The van der Waals surface area contributed by atoms with Crippen molar-refractivity contribution in [2.45, 2.75) is 6.54 Å². The van der Waals surface area contributed by atoms with Gasteiger partial charge in [-0.15, -0.1) is 0 Å². The number of halogens is 1. The molecule has 3 rings (SSSR count). The minimum atomic E-state index is -0.767. The summed E-state index contributed by atoms with van der Waals surface area (Å²) in [6.07, 6.45) is 4.66. The van der Waals surface area contributed by atoms with Crippen LogP contribution in [0.2, 0.25) is 5.15 Å². The fourth-order valence-electron chi connectivity index (χ4n) is 2.19. The molecule has 11 heteroatoms. The van der Waals surface area contributed by atoms with Crippen molar-refractivity contribution < 1.29 is 9.45 Å². The van der Waals surface area contributed by atoms with Crippen LogP contribution in [-0.4, -0.2) is 45.4 Å². The Morgan fingerprint density at radius 1 is 1.48 bits per heavy atom. The molecule has 0 aliphatic carbocycles. The number of hydrogen-bond donors (Lipinski definition) is 1. The number of guanidine groups is 1. The molecule has 3 heterocycles. The van der Waals surface area contributed by atoms with Gasteiger partial charge in [-0.3, -0.25) is 4.90 Å². The zero-order chi connectivity index (χ0) is 17.6. The molecule has 25 heavy (non-hydrogen) atoms. The molecule has 0 radical (unpaired) electrons. The van der Waals surface area contributed by atoms with Crippen LogP contribution in [0.3, 0.4) is 0 Å². The molecule has 1 fully saturated rings. The third-order valence-electron chi connectivity index (χ3n) is 3.28. The quantitative estimate of drug-likeness (QED) is 0.371. The molecule has 0 atom stereocenters. The third kappa shape index (κ3) is 4.75. The first kappa shape index (κ1) is 16.9. The Morgan fingerprint density at radius 3 is 3.04 bits per heavy atom. The normalized spacial score (nSPS) is 17.2. The largest absolute Gasteiger partial charge is 0.463 e. The minimum absolute atomic E-state index is 0.0540. The topological polar surface area (TPSA) is 112 Å². The molecule has 1 aliphatic rings. The van der Waals surface area contributed by atoms with Gasteiger partial charge in [0.2, 0.25) is 0 Å². The first-order valence-electron chi connectivity index (χ1n) is 7.25. The van der Waals surface area contributed by atoms with Gasteiger partial charge in [-0.05, 0) is 23.8 Å². The van der Waals surface area contributed by atoms with E-state index in [9.17, 15) is 10.1 Å². The number of nitrogens with zero attached hydrogens (tertiary/aromatic N) is 6. The molecule has 10 nitrogen and oxygen atoms in total. The summed E-state index contributed by atoms with van der Waals surface area (Å²) in [6.45, 7) is 1.25. The zero-order valence-corrected chi connectivity index (χ0v) is 13.7. The van der Waals surface area contributed by atoms with Crippen LogP contribution in [0, 0.1) is 10.1 Å². The number of aromatic nitrogens is 1. The highest BCUT2D eigenvalue weighted by atomic mass is 35.5. The van der Waals surface area contributed by atoms with Crippen LogP contribution in [0.1, 0.15) is 11.3 Å². The standard InChI is InChI=1S/C14H14ClN7O3/c15-13-4-3-11(6-16-13)8-20-9-17-14(19-22(23)24)21(10-20)18-7-12-2-1-5-25-12/h1-7H,8-10H2,(H,17,19)/b18-7+. The molecule has 1 saturated heterocycles. The van der Waals surface area contributed by atoms with Crippen molar-refractivity contribution >= 4 is 23.8 Å². The van der Waals surface area contributed by atoms with Gasteiger partial charge in [-0.25, -0.2) is 20.1 Å². The van der Waals surface area contributed by atoms with Crippen LogP contribution in [0.25, 0.3) is 0 Å². The Hall–Kier alpha value is -2.98. The second kappa shape index (κ2) is 7.73. The average Bonchev–Trinajstić information content (AvgIpc) is 3.10. The van der Waals surface area contributed by atoms with Crippen molar-refractivity contribution in [2.24, 2.45) is 10.2 Å². The van der Waals surface area contributed by atoms with Crippen LogP contribution in [0.4, 0.5) is 0 Å². The van der Waals surface area contributed by atoms with Gasteiger partial charge in [0.15, 0.2) is 5.03 Å². The summed E-state index contributed by atoms with van der Waals surface area (Å²) in [5.74, 6) is 0.581. The highest BCUT2D eigenvalue weighted by Crippen LogP contribution is 2.11. The van der Waals surface area contributed by atoms with Crippen molar-refractivity contribution in [2.75, 3.05) is 13.3 Å². The summed E-state index contributed by atoms with van der Waals surface area (Å²) in [6, 6.07) is 7.02. The number of hydrazone groups is 2. The lowest BCUT2D eigenvalue weighted by Gasteiger charge is -2.33. The van der Waals surface area contributed by atoms with E-state index in [0.717, 1.165) is 5.56 Å². The Labute approximate surface area is 147 Å². The summed E-state index contributed by atoms with van der Waals surface area (Å²) in [5.41, 5.74) is 0.954. The molecule has 0 amide bonds. The number of nitrogens with one attached hydrogen (secondary N) is 1. The van der Waals surface area contributed by atoms with Crippen LogP contribution in [0.15, 0.2) is 51.3 Å². The summed E-state index contributed by atoms with van der Waals surface area (Å²) in [5, 5.41) is 22.1. The summed E-state index contributed by atoms with van der Waals surface area (Å²) < 4.78 is 5.17. The van der Waals surface area contributed by atoms with E-state index in [1.807, 2.05) is 11.0 Å². The maximum atomic E-state index is 10.7. The second-order valence-electron chi connectivity index (χ2n) is 5.12. The molecule has 2 aromatic rings. The molecule has 0 unspecified atom stereocenters. The van der Waals surface area contributed by atoms with E-state index in [-0.39, 0.29) is 5.96 Å². The molecule has 0 bridgehead atoms. The van der Waals surface area contributed by atoms with Gasteiger partial charge >= 0.3 is 0 Å². The van der Waals surface area contributed by atoms with Gasteiger partial charge in [-0.1, -0.05) is 17.7 Å². The Kier molecular flexibility index (Phi) is 5.21. The smallest absolute Gasteiger partial charge is 0.294 e. The highest BCUT2D eigenvalue weighted by Gasteiger charge is 2.24. The molecule has 0 saturated carbocycles. The van der Waals surface area contributed by atoms with Crippen molar-refractivity contribution in [3.8, 4) is 0 Å². The lowest BCUT2D eigenvalue weighted by atomic mass is 10.3. The maximum absolute atomic E-state index is 10.7. The summed E-state index contributed by atoms with van der Waals surface area (Å²) in [7, 11) is 0. The maximum Gasteiger partial charge on any atom is 0.294 e. The van der Waals surface area contributed by atoms with Crippen molar-refractivity contribution in [1.82, 2.24) is 20.2 Å².